The molecular formula is C6H6F3NO2. The van der Waals surface area contributed by atoms with Crippen molar-refractivity contribution >= 4 is 5.97 Å². The van der Waals surface area contributed by atoms with Crippen molar-refractivity contribution in [3.05, 3.63) is 0 Å². The molecule has 0 aromatic rings. The van der Waals surface area contributed by atoms with Crippen molar-refractivity contribution in [1.82, 2.24) is 0 Å². The predicted octanol–water partition coefficient (Wildman–Crippen LogP) is 0.354. The van der Waals surface area contributed by atoms with Gasteiger partial charge in [-0.05, 0) is 0 Å². The van der Waals surface area contributed by atoms with Gasteiger partial charge in [-0.1, -0.05) is 0 Å². The fourth-order valence-corrected chi connectivity index (χ4v) is 0.458. The Morgan fingerprint density at radius 2 is 2.00 bits per heavy atom. The van der Waals surface area contributed by atoms with E-state index in [-0.39, 0.29) is 0 Å². The molecule has 0 aromatic carbocycles. The molecule has 0 radical (unpaired) electrons. The van der Waals surface area contributed by atoms with Gasteiger partial charge in [-0.3, -0.25) is 0 Å². The minimum atomic E-state index is -5.04. The van der Waals surface area contributed by atoms with Crippen LogP contribution < -0.4 is 5.73 Å². The lowest BCUT2D eigenvalue weighted by atomic mass is 9.97. The minimum Gasteiger partial charge on any atom is -0.480 e. The summed E-state index contributed by atoms with van der Waals surface area (Å²) in [7, 11) is 0. The molecule has 1 atom stereocenters. The van der Waals surface area contributed by atoms with Gasteiger partial charge in [-0.15, -0.1) is 12.3 Å². The number of terminal acetylenes is 1. The maximum atomic E-state index is 11.9. The second kappa shape index (κ2) is 3.03. The van der Waals surface area contributed by atoms with Crippen molar-refractivity contribution in [2.45, 2.75) is 18.1 Å². The molecule has 68 valence electrons. The summed E-state index contributed by atoms with van der Waals surface area (Å²) < 4.78 is 35.8. The van der Waals surface area contributed by atoms with Crippen LogP contribution >= 0.6 is 0 Å². The van der Waals surface area contributed by atoms with Crippen LogP contribution in [0.15, 0.2) is 0 Å². The third kappa shape index (κ3) is 1.68. The van der Waals surface area contributed by atoms with Gasteiger partial charge in [0, 0.05) is 6.42 Å². The summed E-state index contributed by atoms with van der Waals surface area (Å²) in [6.45, 7) is 0. The number of rotatable bonds is 2. The zero-order valence-corrected chi connectivity index (χ0v) is 5.85. The van der Waals surface area contributed by atoms with Crippen LogP contribution in [0.3, 0.4) is 0 Å². The van der Waals surface area contributed by atoms with Gasteiger partial charge in [0.05, 0.1) is 0 Å². The zero-order valence-electron chi connectivity index (χ0n) is 5.85. The summed E-state index contributed by atoms with van der Waals surface area (Å²) in [5.41, 5.74) is 1.23. The van der Waals surface area contributed by atoms with Gasteiger partial charge >= 0.3 is 12.1 Å². The van der Waals surface area contributed by atoms with Crippen LogP contribution in [0.4, 0.5) is 13.2 Å². The van der Waals surface area contributed by atoms with Crippen LogP contribution in [-0.2, 0) is 4.79 Å². The standard InChI is InChI=1S/C6H6F3NO2/c1-2-3-5(10,4(11)12)6(7,8)9/h1H,3,10H2,(H,11,12). The van der Waals surface area contributed by atoms with Crippen LogP contribution in [0.5, 0.6) is 0 Å². The number of hydrogen-bond acceptors (Lipinski definition) is 2. The number of carbonyl (C=O) groups is 1. The summed E-state index contributed by atoms with van der Waals surface area (Å²) in [4.78, 5) is 10.1. The summed E-state index contributed by atoms with van der Waals surface area (Å²) >= 11 is 0. The molecule has 0 amide bonds. The fraction of sp³-hybridized carbons (Fsp3) is 0.500. The molecule has 0 aliphatic rings. The second-order valence-electron chi connectivity index (χ2n) is 2.16. The van der Waals surface area contributed by atoms with Crippen molar-refractivity contribution in [2.75, 3.05) is 0 Å². The lowest BCUT2D eigenvalue weighted by Crippen LogP contribution is -2.59. The van der Waals surface area contributed by atoms with E-state index in [2.05, 4.69) is 12.2 Å². The normalized spacial score (nSPS) is 16.2. The van der Waals surface area contributed by atoms with Gasteiger partial charge in [-0.2, -0.15) is 13.2 Å². The van der Waals surface area contributed by atoms with Crippen molar-refractivity contribution in [3.63, 3.8) is 0 Å². The van der Waals surface area contributed by atoms with Crippen LogP contribution in [0.25, 0.3) is 0 Å². The summed E-state index contributed by atoms with van der Waals surface area (Å²) in [6.07, 6.45) is -1.56. The maximum absolute atomic E-state index is 11.9. The Bertz CT molecular complexity index is 230. The number of aliphatic carboxylic acids is 1. The maximum Gasteiger partial charge on any atom is 0.418 e. The molecule has 0 rings (SSSR count). The van der Waals surface area contributed by atoms with Crippen molar-refractivity contribution in [2.24, 2.45) is 5.73 Å². The first-order chi connectivity index (χ1) is 5.25. The van der Waals surface area contributed by atoms with Crippen LogP contribution in [0.2, 0.25) is 0 Å². The van der Waals surface area contributed by atoms with E-state index >= 15 is 0 Å². The van der Waals surface area contributed by atoms with E-state index in [0.717, 1.165) is 0 Å². The number of alkyl halides is 3. The molecule has 0 aliphatic carbocycles. The Labute approximate surface area is 66.4 Å². The highest BCUT2D eigenvalue weighted by atomic mass is 19.4. The number of nitrogens with two attached hydrogens (primary N) is 1. The van der Waals surface area contributed by atoms with Gasteiger partial charge in [0.15, 0.2) is 0 Å². The molecule has 12 heavy (non-hydrogen) atoms. The van der Waals surface area contributed by atoms with Gasteiger partial charge in [0.1, 0.15) is 0 Å². The molecule has 0 aliphatic heterocycles. The molecule has 0 bridgehead atoms. The van der Waals surface area contributed by atoms with E-state index in [1.54, 1.807) is 5.92 Å². The smallest absolute Gasteiger partial charge is 0.418 e. The topological polar surface area (TPSA) is 63.3 Å². The van der Waals surface area contributed by atoms with Crippen molar-refractivity contribution in [1.29, 1.82) is 0 Å². The number of hydrogen-bond donors (Lipinski definition) is 2. The Hall–Kier alpha value is -1.22. The molecule has 0 aromatic heterocycles. The highest BCUT2D eigenvalue weighted by Gasteiger charge is 2.57. The molecule has 3 N–H and O–H groups in total. The quantitative estimate of drug-likeness (QED) is 0.604. The van der Waals surface area contributed by atoms with E-state index in [0.29, 0.717) is 0 Å². The Morgan fingerprint density at radius 1 is 1.58 bits per heavy atom. The molecule has 0 saturated carbocycles. The van der Waals surface area contributed by atoms with Crippen molar-refractivity contribution < 1.29 is 23.1 Å². The van der Waals surface area contributed by atoms with Gasteiger partial charge in [0.25, 0.3) is 0 Å². The predicted molar refractivity (Wildman–Crippen MR) is 34.1 cm³/mol. The van der Waals surface area contributed by atoms with E-state index in [1.165, 1.54) is 0 Å². The molecule has 0 spiro atoms. The van der Waals surface area contributed by atoms with E-state index < -0.39 is 24.1 Å². The van der Waals surface area contributed by atoms with Crippen LogP contribution in [0, 0.1) is 12.3 Å². The third-order valence-electron chi connectivity index (χ3n) is 1.27. The highest BCUT2D eigenvalue weighted by molar-refractivity contribution is 5.80. The SMILES string of the molecule is C#CCC(N)(C(=O)O)C(F)(F)F. The first kappa shape index (κ1) is 10.8. The minimum absolute atomic E-state index is 1.08. The van der Waals surface area contributed by atoms with Gasteiger partial charge < -0.3 is 10.8 Å². The van der Waals surface area contributed by atoms with Crippen LogP contribution in [-0.4, -0.2) is 22.8 Å². The second-order valence-corrected chi connectivity index (χ2v) is 2.16. The van der Waals surface area contributed by atoms with Gasteiger partial charge in [-0.25, -0.2) is 4.79 Å². The molecular weight excluding hydrogens is 175 g/mol. The molecule has 0 heterocycles. The van der Waals surface area contributed by atoms with Gasteiger partial charge in [0.2, 0.25) is 5.54 Å². The largest absolute Gasteiger partial charge is 0.480 e. The molecule has 1 unspecified atom stereocenters. The molecule has 6 heteroatoms. The van der Waals surface area contributed by atoms with E-state index in [1.807, 2.05) is 0 Å². The first-order valence-corrected chi connectivity index (χ1v) is 2.78. The molecule has 0 saturated heterocycles. The number of carboxylic acids is 1. The lowest BCUT2D eigenvalue weighted by molar-refractivity contribution is -0.200. The third-order valence-corrected chi connectivity index (χ3v) is 1.27. The van der Waals surface area contributed by atoms with E-state index in [9.17, 15) is 18.0 Å². The average molecular weight is 181 g/mol. The van der Waals surface area contributed by atoms with E-state index in [4.69, 9.17) is 5.11 Å². The Morgan fingerprint density at radius 3 is 2.08 bits per heavy atom. The zero-order chi connectivity index (χ0) is 9.99. The average Bonchev–Trinajstić information content (AvgIpc) is 1.85. The monoisotopic (exact) mass is 181 g/mol. The molecule has 0 fully saturated rings. The highest BCUT2D eigenvalue weighted by Crippen LogP contribution is 2.30. The fourth-order valence-electron chi connectivity index (χ4n) is 0.458. The first-order valence-electron chi connectivity index (χ1n) is 2.78. The van der Waals surface area contributed by atoms with Crippen LogP contribution in [0.1, 0.15) is 6.42 Å². The molecule has 3 nitrogen and oxygen atoms in total. The summed E-state index contributed by atoms with van der Waals surface area (Å²) in [5.74, 6) is -0.603. The lowest BCUT2D eigenvalue weighted by Gasteiger charge is -2.24. The summed E-state index contributed by atoms with van der Waals surface area (Å²) in [5, 5.41) is 8.16. The number of halogens is 3. The summed E-state index contributed by atoms with van der Waals surface area (Å²) in [6, 6.07) is 0. The van der Waals surface area contributed by atoms with Crippen molar-refractivity contribution in [3.8, 4) is 12.3 Å². The Kier molecular flexibility index (Phi) is 2.72. The Balaban J connectivity index is 4.91. The number of carboxylic acid groups (broad SMARTS) is 1.